The maximum absolute atomic E-state index is 11.0. The minimum absolute atomic E-state index is 0. The van der Waals surface area contributed by atoms with Crippen molar-refractivity contribution < 1.29 is 23.3 Å². The first-order chi connectivity index (χ1) is 2.41. The van der Waals surface area contributed by atoms with Gasteiger partial charge in [0, 0.05) is 0 Å². The summed E-state index contributed by atoms with van der Waals surface area (Å²) in [5.74, 6) is 0. The summed E-state index contributed by atoms with van der Waals surface area (Å²) in [7, 11) is 0. The Morgan fingerprint density at radius 3 is 2.00 bits per heavy atom. The van der Waals surface area contributed by atoms with Gasteiger partial charge in [-0.05, 0) is 0 Å². The molecule has 0 rings (SSSR count). The Kier molecular flexibility index (Phi) is 14.8. The topological polar surface area (TPSA) is 0 Å². The van der Waals surface area contributed by atoms with Crippen molar-refractivity contribution in [3.8, 4) is 0 Å². The zero-order valence-electron chi connectivity index (χ0n) is 4.21. The molecule has 6 heavy (non-hydrogen) atoms. The summed E-state index contributed by atoms with van der Waals surface area (Å²) >= 11 is 0. The fourth-order valence-corrected chi connectivity index (χ4v) is 0.0945. The first-order valence-corrected chi connectivity index (χ1v) is 1.77. The number of hydrogen-bond donors (Lipinski definition) is 0. The van der Waals surface area contributed by atoms with Crippen molar-refractivity contribution >= 4 is 0 Å². The predicted molar refractivity (Wildman–Crippen MR) is 20.6 cm³/mol. The molecule has 0 N–H and O–H groups in total. The van der Waals surface area contributed by atoms with Crippen LogP contribution in [-0.4, -0.2) is 6.67 Å². The Labute approximate surface area is 50.3 Å². The summed E-state index contributed by atoms with van der Waals surface area (Å²) in [4.78, 5) is 0. The monoisotopic (exact) mass is 82.1 g/mol. The van der Waals surface area contributed by atoms with Crippen LogP contribution in [0.1, 0.15) is 12.8 Å². The molecule has 0 radical (unpaired) electrons. The number of hydrogen-bond acceptors (Lipinski definition) is 0. The van der Waals surface area contributed by atoms with Crippen LogP contribution < -0.4 is 18.9 Å². The molecule has 0 aliphatic rings. The van der Waals surface area contributed by atoms with Gasteiger partial charge in [0.2, 0.25) is 0 Å². The van der Waals surface area contributed by atoms with E-state index in [1.165, 1.54) is 0 Å². The second-order valence-electron chi connectivity index (χ2n) is 0.896. The van der Waals surface area contributed by atoms with Crippen molar-refractivity contribution in [1.82, 2.24) is 0 Å². The van der Waals surface area contributed by atoms with Crippen molar-refractivity contribution in [2.24, 2.45) is 0 Å². The van der Waals surface area contributed by atoms with Crippen LogP contribution in [0.15, 0.2) is 0 Å². The third-order valence-corrected chi connectivity index (χ3v) is 0.384. The molecule has 0 nitrogen and oxygen atoms in total. The number of unbranched alkanes of at least 4 members (excludes halogenated alkanes) is 1. The predicted octanol–water partition coefficient (Wildman–Crippen LogP) is -1.43. The molecule has 0 amide bonds. The smallest absolute Gasteiger partial charge is 0.343 e. The van der Waals surface area contributed by atoms with E-state index < -0.39 is 0 Å². The van der Waals surface area contributed by atoms with Crippen molar-refractivity contribution in [1.29, 1.82) is 0 Å². The fourth-order valence-electron chi connectivity index (χ4n) is 0.0945. The minimum atomic E-state index is -0.219. The molecule has 0 aromatic carbocycles. The summed E-state index contributed by atoms with van der Waals surface area (Å²) in [5.41, 5.74) is 0. The molecule has 0 bridgehead atoms. The van der Waals surface area contributed by atoms with Crippen molar-refractivity contribution in [3.05, 3.63) is 6.92 Å². The Bertz CT molecular complexity index is 15.0. The van der Waals surface area contributed by atoms with Gasteiger partial charge in [-0.3, -0.25) is 4.39 Å². The van der Waals surface area contributed by atoms with E-state index in [1.807, 2.05) is 0 Å². The fraction of sp³-hybridized carbons (Fsp3) is 0.750. The molecule has 0 atom stereocenters. The number of halogens is 1. The molecule has 0 unspecified atom stereocenters. The molecule has 0 heterocycles. The van der Waals surface area contributed by atoms with Crippen LogP contribution in [0.4, 0.5) is 4.39 Å². The third kappa shape index (κ3) is 8.82. The Morgan fingerprint density at radius 1 is 1.50 bits per heavy atom. The first-order valence-electron chi connectivity index (χ1n) is 1.77. The molecule has 0 fully saturated rings. The SMILES string of the molecule is [CH2-]CCCF.[Li+]. The van der Waals surface area contributed by atoms with Gasteiger partial charge in [-0.25, -0.2) is 0 Å². The van der Waals surface area contributed by atoms with Crippen LogP contribution in [0, 0.1) is 6.92 Å². The van der Waals surface area contributed by atoms with Crippen LogP contribution in [0.5, 0.6) is 0 Å². The van der Waals surface area contributed by atoms with Gasteiger partial charge in [-0.15, -0.1) is 0 Å². The van der Waals surface area contributed by atoms with E-state index in [9.17, 15) is 4.39 Å². The second kappa shape index (κ2) is 9.11. The largest absolute Gasteiger partial charge is 1.00 e. The average molecular weight is 82.0 g/mol. The quantitative estimate of drug-likeness (QED) is 0.283. The van der Waals surface area contributed by atoms with Gasteiger partial charge in [-0.1, -0.05) is 6.42 Å². The Balaban J connectivity index is 0. The van der Waals surface area contributed by atoms with Crippen LogP contribution in [0.2, 0.25) is 0 Å². The maximum atomic E-state index is 11.0. The molecule has 0 spiro atoms. The molecule has 32 valence electrons. The zero-order chi connectivity index (χ0) is 4.12. The summed E-state index contributed by atoms with van der Waals surface area (Å²) < 4.78 is 11.0. The molecular formula is C4H8FLi. The molecule has 0 aliphatic heterocycles. The van der Waals surface area contributed by atoms with Gasteiger partial charge < -0.3 is 6.92 Å². The zero-order valence-corrected chi connectivity index (χ0v) is 4.21. The summed E-state index contributed by atoms with van der Waals surface area (Å²) in [5, 5.41) is 0. The van der Waals surface area contributed by atoms with E-state index in [-0.39, 0.29) is 25.5 Å². The van der Waals surface area contributed by atoms with E-state index in [2.05, 4.69) is 6.92 Å². The average Bonchev–Trinajstić information content (AvgIpc) is 1.41. The second-order valence-corrected chi connectivity index (χ2v) is 0.896. The summed E-state index contributed by atoms with van der Waals surface area (Å²) in [6, 6.07) is 0. The van der Waals surface area contributed by atoms with Crippen molar-refractivity contribution in [2.75, 3.05) is 6.67 Å². The van der Waals surface area contributed by atoms with E-state index in [0.717, 1.165) is 6.42 Å². The van der Waals surface area contributed by atoms with Crippen molar-refractivity contribution in [3.63, 3.8) is 0 Å². The molecule has 0 aromatic rings. The molecule has 0 aliphatic carbocycles. The normalized spacial score (nSPS) is 7.00. The van der Waals surface area contributed by atoms with E-state index >= 15 is 0 Å². The van der Waals surface area contributed by atoms with Gasteiger partial charge >= 0.3 is 18.9 Å². The van der Waals surface area contributed by atoms with Crippen LogP contribution in [0.25, 0.3) is 0 Å². The molecule has 0 saturated heterocycles. The minimum Gasteiger partial charge on any atom is -0.343 e. The van der Waals surface area contributed by atoms with Crippen LogP contribution in [0.3, 0.4) is 0 Å². The molecule has 0 aromatic heterocycles. The van der Waals surface area contributed by atoms with Crippen molar-refractivity contribution in [2.45, 2.75) is 12.8 Å². The summed E-state index contributed by atoms with van der Waals surface area (Å²) in [6.45, 7) is 3.22. The van der Waals surface area contributed by atoms with Gasteiger partial charge in [0.15, 0.2) is 0 Å². The Hall–Kier alpha value is 0.527. The van der Waals surface area contributed by atoms with Gasteiger partial charge in [-0.2, -0.15) is 6.42 Å². The maximum Gasteiger partial charge on any atom is 1.00 e. The molecule has 0 saturated carbocycles. The van der Waals surface area contributed by atoms with Gasteiger partial charge in [0.1, 0.15) is 0 Å². The van der Waals surface area contributed by atoms with Crippen LogP contribution in [-0.2, 0) is 0 Å². The Morgan fingerprint density at radius 2 is 2.00 bits per heavy atom. The summed E-state index contributed by atoms with van der Waals surface area (Å²) in [6.07, 6.45) is 1.33. The van der Waals surface area contributed by atoms with E-state index in [0.29, 0.717) is 6.42 Å². The van der Waals surface area contributed by atoms with Crippen LogP contribution >= 0.6 is 0 Å². The molecule has 2 heteroatoms. The number of rotatable bonds is 2. The van der Waals surface area contributed by atoms with Gasteiger partial charge in [0.05, 0.1) is 6.67 Å². The third-order valence-electron chi connectivity index (χ3n) is 0.384. The number of alkyl halides is 1. The van der Waals surface area contributed by atoms with E-state index in [1.54, 1.807) is 0 Å². The first kappa shape index (κ1) is 9.73. The van der Waals surface area contributed by atoms with Gasteiger partial charge in [0.25, 0.3) is 0 Å². The van der Waals surface area contributed by atoms with E-state index in [4.69, 9.17) is 0 Å². The molecular weight excluding hydrogens is 74.0 g/mol. The standard InChI is InChI=1S/C4H8F.Li/c1-2-3-4-5;/h1-4H2;/q-1;+1.